The number of amides is 3. The number of carbonyl (C=O) groups excluding carboxylic acids is 4. The molecule has 1 aliphatic heterocycles. The molecule has 0 atom stereocenters. The summed E-state index contributed by atoms with van der Waals surface area (Å²) in [4.78, 5) is 48.4. The Morgan fingerprint density at radius 2 is 1.89 bits per heavy atom. The molecule has 1 aromatic rings. The predicted octanol–water partition coefficient (Wildman–Crippen LogP) is 1.61. The molecule has 10 heteroatoms. The maximum absolute atomic E-state index is 12.6. The highest BCUT2D eigenvalue weighted by molar-refractivity contribution is 7.16. The van der Waals surface area contributed by atoms with Gasteiger partial charge in [0.2, 0.25) is 5.91 Å². The summed E-state index contributed by atoms with van der Waals surface area (Å²) in [5.74, 6) is -1.56. The summed E-state index contributed by atoms with van der Waals surface area (Å²) in [6.07, 6.45) is 0. The Morgan fingerprint density at radius 1 is 1.19 bits per heavy atom. The molecule has 1 aromatic heterocycles. The number of esters is 2. The number of nitrogens with one attached hydrogen (secondary N) is 3. The lowest BCUT2D eigenvalue weighted by molar-refractivity contribution is -0.138. The van der Waals surface area contributed by atoms with E-state index in [-0.39, 0.29) is 42.5 Å². The molecule has 0 bridgehead atoms. The smallest absolute Gasteiger partial charge is 0.341 e. The number of hydrogen-bond donors (Lipinski definition) is 3. The van der Waals surface area contributed by atoms with Crippen LogP contribution in [-0.2, 0) is 19.1 Å². The molecule has 0 fully saturated rings. The van der Waals surface area contributed by atoms with Gasteiger partial charge in [-0.2, -0.15) is 0 Å². The quantitative estimate of drug-likeness (QED) is 0.629. The predicted molar refractivity (Wildman–Crippen MR) is 98.6 cm³/mol. The highest BCUT2D eigenvalue weighted by Gasteiger charge is 2.26. The lowest BCUT2D eigenvalue weighted by atomic mass is 10.1. The van der Waals surface area contributed by atoms with Gasteiger partial charge in [0.25, 0.3) is 0 Å². The third-order valence-electron chi connectivity index (χ3n) is 3.80. The molecule has 9 nitrogen and oxygen atoms in total. The van der Waals surface area contributed by atoms with E-state index in [2.05, 4.69) is 16.0 Å². The number of carbonyl (C=O) groups is 4. The van der Waals surface area contributed by atoms with Crippen molar-refractivity contribution in [1.29, 1.82) is 0 Å². The Kier molecular flexibility index (Phi) is 6.56. The molecule has 27 heavy (non-hydrogen) atoms. The van der Waals surface area contributed by atoms with Crippen molar-refractivity contribution in [3.63, 3.8) is 0 Å². The summed E-state index contributed by atoms with van der Waals surface area (Å²) in [6, 6.07) is -0.504. The van der Waals surface area contributed by atoms with Crippen LogP contribution in [0.4, 0.5) is 9.80 Å². The van der Waals surface area contributed by atoms with Gasteiger partial charge in [0.05, 0.1) is 30.0 Å². The monoisotopic (exact) mass is 395 g/mol. The molecule has 0 aliphatic carbocycles. The van der Waals surface area contributed by atoms with Gasteiger partial charge in [0.1, 0.15) is 11.6 Å². The SMILES string of the molecule is CCOC(=O)C1=C(COC(=O)c2c(NC(C)=O)sc(C)c2C)NC(=O)NC1. The number of hydrogen-bond acceptors (Lipinski definition) is 7. The summed E-state index contributed by atoms with van der Waals surface area (Å²) in [6.45, 7) is 6.44. The van der Waals surface area contributed by atoms with E-state index in [4.69, 9.17) is 9.47 Å². The highest BCUT2D eigenvalue weighted by atomic mass is 32.1. The molecule has 0 spiro atoms. The first kappa shape index (κ1) is 20.4. The van der Waals surface area contributed by atoms with Crippen molar-refractivity contribution in [2.24, 2.45) is 0 Å². The van der Waals surface area contributed by atoms with E-state index in [0.29, 0.717) is 10.6 Å². The van der Waals surface area contributed by atoms with Crippen molar-refractivity contribution in [2.45, 2.75) is 27.7 Å². The zero-order valence-electron chi connectivity index (χ0n) is 15.5. The Bertz CT molecular complexity index is 827. The zero-order chi connectivity index (χ0) is 20.1. The van der Waals surface area contributed by atoms with Gasteiger partial charge in [0, 0.05) is 11.8 Å². The largest absolute Gasteiger partial charge is 0.463 e. The van der Waals surface area contributed by atoms with Crippen LogP contribution in [0.25, 0.3) is 0 Å². The highest BCUT2D eigenvalue weighted by Crippen LogP contribution is 2.33. The van der Waals surface area contributed by atoms with E-state index in [9.17, 15) is 19.2 Å². The minimum atomic E-state index is -0.663. The standard InChI is InChI=1S/C17H21N3O6S/c1-5-25-15(22)11-6-18-17(24)20-12(11)7-26-16(23)13-8(2)9(3)27-14(13)19-10(4)21/h5-7H2,1-4H3,(H,19,21)(H2,18,20,24). The van der Waals surface area contributed by atoms with Crippen LogP contribution in [0.3, 0.4) is 0 Å². The average Bonchev–Trinajstić information content (AvgIpc) is 2.86. The fourth-order valence-electron chi connectivity index (χ4n) is 2.40. The van der Waals surface area contributed by atoms with Crippen molar-refractivity contribution in [3.8, 4) is 0 Å². The Hall–Kier alpha value is -2.88. The molecular weight excluding hydrogens is 374 g/mol. The van der Waals surface area contributed by atoms with E-state index in [1.807, 2.05) is 6.92 Å². The molecule has 146 valence electrons. The molecule has 0 radical (unpaired) electrons. The van der Waals surface area contributed by atoms with Gasteiger partial charge in [-0.1, -0.05) is 0 Å². The third-order valence-corrected chi connectivity index (χ3v) is 4.93. The number of ether oxygens (including phenoxy) is 2. The molecule has 1 aliphatic rings. The van der Waals surface area contributed by atoms with Crippen molar-refractivity contribution < 1.29 is 28.7 Å². The summed E-state index contributed by atoms with van der Waals surface area (Å²) in [5, 5.41) is 7.95. The maximum Gasteiger partial charge on any atom is 0.341 e. The fraction of sp³-hybridized carbons (Fsp3) is 0.412. The number of anilines is 1. The van der Waals surface area contributed by atoms with Crippen molar-refractivity contribution in [1.82, 2.24) is 10.6 Å². The first-order valence-corrected chi connectivity index (χ1v) is 9.04. The van der Waals surface area contributed by atoms with Crippen LogP contribution in [0.5, 0.6) is 0 Å². The topological polar surface area (TPSA) is 123 Å². The normalized spacial score (nSPS) is 13.6. The molecule has 2 heterocycles. The van der Waals surface area contributed by atoms with Gasteiger partial charge in [-0.3, -0.25) is 4.79 Å². The van der Waals surface area contributed by atoms with Gasteiger partial charge >= 0.3 is 18.0 Å². The molecule has 0 aromatic carbocycles. The van der Waals surface area contributed by atoms with Crippen molar-refractivity contribution >= 4 is 40.2 Å². The fourth-order valence-corrected chi connectivity index (χ4v) is 3.49. The second kappa shape index (κ2) is 8.67. The van der Waals surface area contributed by atoms with Crippen LogP contribution < -0.4 is 16.0 Å². The van der Waals surface area contributed by atoms with Crippen LogP contribution in [0.15, 0.2) is 11.3 Å². The van der Waals surface area contributed by atoms with E-state index < -0.39 is 18.0 Å². The van der Waals surface area contributed by atoms with Gasteiger partial charge < -0.3 is 25.4 Å². The molecule has 3 N–H and O–H groups in total. The van der Waals surface area contributed by atoms with Crippen LogP contribution in [0.1, 0.15) is 34.6 Å². The van der Waals surface area contributed by atoms with Crippen LogP contribution >= 0.6 is 11.3 Å². The molecule has 0 unspecified atom stereocenters. The Morgan fingerprint density at radius 3 is 2.52 bits per heavy atom. The summed E-state index contributed by atoms with van der Waals surface area (Å²) < 4.78 is 10.2. The Balaban J connectivity index is 2.21. The summed E-state index contributed by atoms with van der Waals surface area (Å²) in [7, 11) is 0. The Labute approximate surface area is 160 Å². The second-order valence-corrected chi connectivity index (χ2v) is 6.95. The maximum atomic E-state index is 12.6. The second-order valence-electron chi connectivity index (χ2n) is 5.73. The van der Waals surface area contributed by atoms with E-state index in [1.165, 1.54) is 18.3 Å². The molecule has 3 amide bonds. The molecule has 2 rings (SSSR count). The minimum absolute atomic E-state index is 0.0225. The van der Waals surface area contributed by atoms with Gasteiger partial charge in [-0.25, -0.2) is 14.4 Å². The van der Waals surface area contributed by atoms with Crippen molar-refractivity contribution in [2.75, 3.05) is 25.1 Å². The van der Waals surface area contributed by atoms with Crippen LogP contribution in [-0.4, -0.2) is 43.6 Å². The third kappa shape index (κ3) is 4.85. The summed E-state index contributed by atoms with van der Waals surface area (Å²) in [5.41, 5.74) is 1.30. The van der Waals surface area contributed by atoms with Crippen molar-refractivity contribution in [3.05, 3.63) is 27.3 Å². The van der Waals surface area contributed by atoms with Crippen LogP contribution in [0.2, 0.25) is 0 Å². The average molecular weight is 395 g/mol. The number of aryl methyl sites for hydroxylation is 1. The molecule has 0 saturated carbocycles. The lowest BCUT2D eigenvalue weighted by Gasteiger charge is -2.21. The van der Waals surface area contributed by atoms with Gasteiger partial charge in [0.15, 0.2) is 0 Å². The van der Waals surface area contributed by atoms with Gasteiger partial charge in [-0.15, -0.1) is 11.3 Å². The lowest BCUT2D eigenvalue weighted by Crippen LogP contribution is -2.45. The van der Waals surface area contributed by atoms with Gasteiger partial charge in [-0.05, 0) is 26.3 Å². The van der Waals surface area contributed by atoms with E-state index in [0.717, 1.165) is 4.88 Å². The molecular formula is C17H21N3O6S. The minimum Gasteiger partial charge on any atom is -0.463 e. The number of urea groups is 1. The first-order chi connectivity index (χ1) is 12.7. The number of thiophene rings is 1. The van der Waals surface area contributed by atoms with E-state index >= 15 is 0 Å². The zero-order valence-corrected chi connectivity index (χ0v) is 16.3. The van der Waals surface area contributed by atoms with E-state index in [1.54, 1.807) is 13.8 Å². The first-order valence-electron chi connectivity index (χ1n) is 8.23. The summed E-state index contributed by atoms with van der Waals surface area (Å²) >= 11 is 1.27. The number of rotatable bonds is 6. The van der Waals surface area contributed by atoms with Crippen LogP contribution in [0, 0.1) is 13.8 Å². The molecule has 0 saturated heterocycles.